The van der Waals surface area contributed by atoms with Crippen LogP contribution < -0.4 is 11.3 Å². The molecule has 0 saturated carbocycles. The highest BCUT2D eigenvalue weighted by molar-refractivity contribution is 6.35. The third-order valence-electron chi connectivity index (χ3n) is 3.40. The quantitative estimate of drug-likeness (QED) is 0.767. The van der Waals surface area contributed by atoms with Crippen molar-refractivity contribution in [2.75, 3.05) is 0 Å². The Morgan fingerprint density at radius 2 is 2.09 bits per heavy atom. The highest BCUT2D eigenvalue weighted by Gasteiger charge is 2.22. The van der Waals surface area contributed by atoms with E-state index < -0.39 is 23.6 Å². The molecule has 3 aromatic rings. The van der Waals surface area contributed by atoms with Gasteiger partial charge < -0.3 is 5.73 Å². The van der Waals surface area contributed by atoms with Gasteiger partial charge in [0.05, 0.1) is 28.2 Å². The van der Waals surface area contributed by atoms with E-state index in [1.807, 2.05) is 0 Å². The van der Waals surface area contributed by atoms with Crippen molar-refractivity contribution < 1.29 is 8.78 Å². The number of aromatic amines is 1. The molecule has 0 saturated heterocycles. The second-order valence-electron chi connectivity index (χ2n) is 5.00. The topological polar surface area (TPSA) is 89.6 Å². The Balaban J connectivity index is 2.52. The fourth-order valence-electron chi connectivity index (χ4n) is 2.39. The van der Waals surface area contributed by atoms with Gasteiger partial charge in [0.2, 0.25) is 0 Å². The first-order valence-corrected chi connectivity index (χ1v) is 7.08. The molecule has 0 aliphatic carbocycles. The Bertz CT molecular complexity index is 921. The van der Waals surface area contributed by atoms with Crippen LogP contribution in [0.25, 0.3) is 16.7 Å². The zero-order valence-electron chi connectivity index (χ0n) is 11.9. The van der Waals surface area contributed by atoms with Crippen LogP contribution in [0.15, 0.2) is 29.2 Å². The van der Waals surface area contributed by atoms with Gasteiger partial charge in [-0.05, 0) is 13.0 Å². The number of fused-ring (bicyclic) bond motifs is 1. The van der Waals surface area contributed by atoms with Gasteiger partial charge in [-0.2, -0.15) is 5.10 Å². The van der Waals surface area contributed by atoms with Crippen molar-refractivity contribution in [1.29, 1.82) is 0 Å². The molecule has 1 unspecified atom stereocenters. The minimum atomic E-state index is -2.83. The second kappa shape index (κ2) is 5.71. The summed E-state index contributed by atoms with van der Waals surface area (Å²) in [5.74, 6) is 0.483. The summed E-state index contributed by atoms with van der Waals surface area (Å²) in [5, 5.41) is 6.26. The van der Waals surface area contributed by atoms with Crippen molar-refractivity contribution >= 4 is 22.5 Å². The maximum Gasteiger partial charge on any atom is 0.267 e. The molecule has 1 aromatic carbocycles. The van der Waals surface area contributed by atoms with Gasteiger partial charge in [0.25, 0.3) is 12.0 Å². The summed E-state index contributed by atoms with van der Waals surface area (Å²) in [4.78, 5) is 17.1. The van der Waals surface area contributed by atoms with E-state index in [0.717, 1.165) is 10.6 Å². The number of rotatable bonds is 3. The van der Waals surface area contributed by atoms with Gasteiger partial charge in [-0.3, -0.25) is 9.89 Å². The van der Waals surface area contributed by atoms with E-state index in [9.17, 15) is 13.6 Å². The lowest BCUT2D eigenvalue weighted by atomic mass is 10.1. The van der Waals surface area contributed by atoms with Gasteiger partial charge in [-0.1, -0.05) is 17.7 Å². The summed E-state index contributed by atoms with van der Waals surface area (Å²) in [6.45, 7) is 1.63. The maximum absolute atomic E-state index is 13.3. The third kappa shape index (κ3) is 2.49. The number of H-pyrrole nitrogens is 1. The first-order valence-electron chi connectivity index (χ1n) is 6.70. The molecular formula is C14H12ClF2N5O. The lowest BCUT2D eigenvalue weighted by Gasteiger charge is -2.16. The molecule has 9 heteroatoms. The summed E-state index contributed by atoms with van der Waals surface area (Å²) in [7, 11) is 0. The second-order valence-corrected chi connectivity index (χ2v) is 5.41. The Morgan fingerprint density at radius 3 is 2.65 bits per heavy atom. The van der Waals surface area contributed by atoms with Crippen molar-refractivity contribution in [3.8, 4) is 5.82 Å². The molecule has 3 N–H and O–H groups in total. The largest absolute Gasteiger partial charge is 0.322 e. The van der Waals surface area contributed by atoms with Crippen LogP contribution >= 0.6 is 11.6 Å². The van der Waals surface area contributed by atoms with E-state index in [4.69, 9.17) is 17.3 Å². The first-order chi connectivity index (χ1) is 10.9. The van der Waals surface area contributed by atoms with E-state index in [-0.39, 0.29) is 27.6 Å². The number of aromatic nitrogens is 4. The number of hydrogen-bond acceptors (Lipinski definition) is 4. The van der Waals surface area contributed by atoms with E-state index in [2.05, 4.69) is 15.2 Å². The molecule has 1 atom stereocenters. The summed E-state index contributed by atoms with van der Waals surface area (Å²) in [6, 6.07) is 3.32. The smallest absolute Gasteiger partial charge is 0.267 e. The van der Waals surface area contributed by atoms with Gasteiger partial charge in [-0.25, -0.2) is 18.3 Å². The molecule has 23 heavy (non-hydrogen) atoms. The molecular weight excluding hydrogens is 328 g/mol. The molecule has 0 radical (unpaired) electrons. The minimum Gasteiger partial charge on any atom is -0.322 e. The van der Waals surface area contributed by atoms with Gasteiger partial charge in [0, 0.05) is 11.6 Å². The van der Waals surface area contributed by atoms with Gasteiger partial charge in [0.15, 0.2) is 0 Å². The Morgan fingerprint density at radius 1 is 1.35 bits per heavy atom. The fourth-order valence-corrected chi connectivity index (χ4v) is 2.59. The van der Waals surface area contributed by atoms with Crippen molar-refractivity contribution in [3.05, 3.63) is 51.2 Å². The van der Waals surface area contributed by atoms with Gasteiger partial charge >= 0.3 is 0 Å². The van der Waals surface area contributed by atoms with Crippen molar-refractivity contribution in [1.82, 2.24) is 19.7 Å². The molecule has 0 bridgehead atoms. The average molecular weight is 340 g/mol. The molecule has 3 rings (SSSR count). The average Bonchev–Trinajstić information content (AvgIpc) is 3.01. The minimum absolute atomic E-state index is 0.0116. The molecule has 6 nitrogen and oxygen atoms in total. The Hall–Kier alpha value is -2.32. The van der Waals surface area contributed by atoms with E-state index in [1.54, 1.807) is 6.92 Å². The summed E-state index contributed by atoms with van der Waals surface area (Å²) in [5.41, 5.74) is 4.79. The number of hydrogen-bond donors (Lipinski definition) is 2. The van der Waals surface area contributed by atoms with E-state index >= 15 is 0 Å². The van der Waals surface area contributed by atoms with Crippen LogP contribution in [-0.2, 0) is 0 Å². The molecule has 2 aromatic heterocycles. The zero-order valence-corrected chi connectivity index (χ0v) is 12.7. The molecule has 2 heterocycles. The van der Waals surface area contributed by atoms with E-state index in [1.165, 1.54) is 18.3 Å². The van der Waals surface area contributed by atoms with E-state index in [0.29, 0.717) is 0 Å². The number of nitrogens with zero attached hydrogens (tertiary/aromatic N) is 3. The molecule has 0 spiro atoms. The summed E-state index contributed by atoms with van der Waals surface area (Å²) >= 11 is 6.04. The SMILES string of the molecule is CC(N)c1nc2c(Cl)ccc(C(F)F)c2c(=O)n1-c1ccn[nH]1. The van der Waals surface area contributed by atoms with Crippen molar-refractivity contribution in [2.45, 2.75) is 19.4 Å². The predicted molar refractivity (Wildman–Crippen MR) is 82.1 cm³/mol. The molecule has 0 amide bonds. The van der Waals surface area contributed by atoms with Crippen LogP contribution in [0.3, 0.4) is 0 Å². The van der Waals surface area contributed by atoms with Crippen LogP contribution in [0.4, 0.5) is 8.78 Å². The number of nitrogens with two attached hydrogens (primary N) is 1. The van der Waals surface area contributed by atoms with Crippen LogP contribution in [0.2, 0.25) is 5.02 Å². The highest BCUT2D eigenvalue weighted by Crippen LogP contribution is 2.30. The third-order valence-corrected chi connectivity index (χ3v) is 3.71. The predicted octanol–water partition coefficient (Wildman–Crippen LogP) is 2.72. The maximum atomic E-state index is 13.3. The van der Waals surface area contributed by atoms with Crippen LogP contribution in [0.1, 0.15) is 30.8 Å². The van der Waals surface area contributed by atoms with Crippen LogP contribution in [-0.4, -0.2) is 19.7 Å². The number of halogens is 3. The number of benzene rings is 1. The first kappa shape index (κ1) is 15.6. The molecule has 0 aliphatic heterocycles. The fraction of sp³-hybridized carbons (Fsp3) is 0.214. The highest BCUT2D eigenvalue weighted by atomic mass is 35.5. The Labute approximate surface area is 133 Å². The van der Waals surface area contributed by atoms with Gasteiger partial charge in [-0.15, -0.1) is 0 Å². The summed E-state index contributed by atoms with van der Waals surface area (Å²) in [6.07, 6.45) is -1.40. The van der Waals surface area contributed by atoms with Crippen LogP contribution in [0, 0.1) is 0 Å². The lowest BCUT2D eigenvalue weighted by molar-refractivity contribution is 0.153. The Kier molecular flexibility index (Phi) is 3.87. The molecule has 0 fully saturated rings. The van der Waals surface area contributed by atoms with Crippen molar-refractivity contribution in [2.24, 2.45) is 5.73 Å². The molecule has 120 valence electrons. The van der Waals surface area contributed by atoms with Crippen molar-refractivity contribution in [3.63, 3.8) is 0 Å². The zero-order chi connectivity index (χ0) is 16.7. The van der Waals surface area contributed by atoms with Crippen LogP contribution in [0.5, 0.6) is 0 Å². The standard InChI is InChI=1S/C14H12ClF2N5O/c1-6(18)13-20-11-8(15)3-2-7(12(16)17)10(11)14(23)22(13)9-4-5-19-21-9/h2-6,12H,18H2,1H3,(H,19,21). The molecule has 0 aliphatic rings. The summed E-state index contributed by atoms with van der Waals surface area (Å²) < 4.78 is 27.7. The normalized spacial score (nSPS) is 13.0. The van der Waals surface area contributed by atoms with Gasteiger partial charge in [0.1, 0.15) is 11.6 Å². The number of alkyl halides is 2. The number of nitrogens with one attached hydrogen (secondary N) is 1. The lowest BCUT2D eigenvalue weighted by Crippen LogP contribution is -2.28. The monoisotopic (exact) mass is 339 g/mol.